The fourth-order valence-electron chi connectivity index (χ4n) is 3.58. The lowest BCUT2D eigenvalue weighted by Gasteiger charge is -2.12. The predicted octanol–water partition coefficient (Wildman–Crippen LogP) is 4.27. The zero-order valence-corrected chi connectivity index (χ0v) is 19.7. The Hall–Kier alpha value is -4.79. The number of para-hydroxylation sites is 1. The second kappa shape index (κ2) is 11.6. The number of esters is 1. The van der Waals surface area contributed by atoms with E-state index in [1.807, 2.05) is 18.2 Å². The van der Waals surface area contributed by atoms with Crippen molar-refractivity contribution in [1.29, 1.82) is 0 Å². The molecular formula is C27H25N5O4. The highest BCUT2D eigenvalue weighted by molar-refractivity contribution is 6.12. The van der Waals surface area contributed by atoms with Crippen LogP contribution < -0.4 is 10.6 Å². The lowest BCUT2D eigenvalue weighted by atomic mass is 10.1. The van der Waals surface area contributed by atoms with Crippen molar-refractivity contribution in [2.75, 3.05) is 17.2 Å². The van der Waals surface area contributed by atoms with Crippen LogP contribution in [0.25, 0.3) is 5.69 Å². The molecule has 3 aromatic carbocycles. The minimum absolute atomic E-state index is 0.260. The number of rotatable bonds is 9. The van der Waals surface area contributed by atoms with Crippen LogP contribution in [0.5, 0.6) is 0 Å². The van der Waals surface area contributed by atoms with Crippen LogP contribution in [0.15, 0.2) is 85.2 Å². The summed E-state index contributed by atoms with van der Waals surface area (Å²) in [4.78, 5) is 37.5. The van der Waals surface area contributed by atoms with E-state index in [9.17, 15) is 14.4 Å². The molecule has 2 N–H and O–H groups in total. The van der Waals surface area contributed by atoms with Gasteiger partial charge in [0.05, 0.1) is 35.9 Å². The largest absolute Gasteiger partial charge is 0.466 e. The third-order valence-electron chi connectivity index (χ3n) is 5.34. The number of hydrogen-bond acceptors (Lipinski definition) is 6. The summed E-state index contributed by atoms with van der Waals surface area (Å²) in [7, 11) is 0. The number of ether oxygens (including phenoxy) is 1. The first kappa shape index (κ1) is 24.3. The Kier molecular flexibility index (Phi) is 7.82. The molecule has 0 spiro atoms. The van der Waals surface area contributed by atoms with Crippen LogP contribution in [0.3, 0.4) is 0 Å². The van der Waals surface area contributed by atoms with Crippen molar-refractivity contribution in [3.8, 4) is 5.69 Å². The van der Waals surface area contributed by atoms with Gasteiger partial charge in [0.2, 0.25) is 0 Å². The van der Waals surface area contributed by atoms with E-state index in [1.54, 1.807) is 78.6 Å². The highest BCUT2D eigenvalue weighted by atomic mass is 16.5. The van der Waals surface area contributed by atoms with Crippen molar-refractivity contribution in [3.05, 3.63) is 102 Å². The van der Waals surface area contributed by atoms with Crippen LogP contribution in [-0.2, 0) is 16.0 Å². The number of nitrogens with zero attached hydrogens (tertiary/aromatic N) is 3. The number of amides is 2. The predicted molar refractivity (Wildman–Crippen MR) is 135 cm³/mol. The molecule has 0 bridgehead atoms. The molecule has 2 amide bonds. The fourth-order valence-corrected chi connectivity index (χ4v) is 3.58. The number of aryl methyl sites for hydroxylation is 1. The van der Waals surface area contributed by atoms with Crippen LogP contribution in [0, 0.1) is 0 Å². The van der Waals surface area contributed by atoms with E-state index in [1.165, 1.54) is 0 Å². The summed E-state index contributed by atoms with van der Waals surface area (Å²) in [6.07, 6.45) is 4.05. The molecule has 1 aromatic heterocycles. The minimum Gasteiger partial charge on any atom is -0.466 e. The lowest BCUT2D eigenvalue weighted by molar-refractivity contribution is -0.143. The Balaban J connectivity index is 1.43. The highest BCUT2D eigenvalue weighted by Crippen LogP contribution is 2.20. The number of benzene rings is 3. The van der Waals surface area contributed by atoms with Gasteiger partial charge in [-0.3, -0.25) is 14.4 Å². The van der Waals surface area contributed by atoms with E-state index in [0.29, 0.717) is 35.5 Å². The molecule has 4 rings (SSSR count). The van der Waals surface area contributed by atoms with E-state index in [0.717, 1.165) is 11.3 Å². The Labute approximate surface area is 208 Å². The standard InChI is InChI=1S/C27H25N5O4/c1-2-36-25(33)15-10-19-6-5-7-21(18-19)29-27(35)23-8-3-4-9-24(23)30-26(34)20-11-13-22(14-12-20)32-17-16-28-31-32/h3-9,11-14,16-18H,2,10,15H2,1H3,(H,29,35)(H,30,34). The summed E-state index contributed by atoms with van der Waals surface area (Å²) in [5.41, 5.74) is 3.40. The Morgan fingerprint density at radius 2 is 1.72 bits per heavy atom. The first-order valence-electron chi connectivity index (χ1n) is 11.5. The minimum atomic E-state index is -0.366. The van der Waals surface area contributed by atoms with Gasteiger partial charge in [-0.05, 0) is 67.4 Å². The van der Waals surface area contributed by atoms with Gasteiger partial charge in [0.25, 0.3) is 11.8 Å². The number of anilines is 2. The molecule has 182 valence electrons. The van der Waals surface area contributed by atoms with Gasteiger partial charge in [0.1, 0.15) is 0 Å². The third-order valence-corrected chi connectivity index (χ3v) is 5.34. The molecule has 0 radical (unpaired) electrons. The topological polar surface area (TPSA) is 115 Å². The maximum atomic E-state index is 13.0. The maximum Gasteiger partial charge on any atom is 0.306 e. The Morgan fingerprint density at radius 1 is 0.917 bits per heavy atom. The van der Waals surface area contributed by atoms with Crippen molar-refractivity contribution < 1.29 is 19.1 Å². The molecule has 36 heavy (non-hydrogen) atoms. The average Bonchev–Trinajstić information content (AvgIpc) is 3.43. The molecule has 9 nitrogen and oxygen atoms in total. The van der Waals surface area contributed by atoms with Crippen molar-refractivity contribution >= 4 is 29.2 Å². The molecule has 0 aliphatic heterocycles. The number of hydrogen-bond donors (Lipinski definition) is 2. The van der Waals surface area contributed by atoms with Gasteiger partial charge in [-0.25, -0.2) is 4.68 Å². The van der Waals surface area contributed by atoms with Crippen LogP contribution in [0.2, 0.25) is 0 Å². The van der Waals surface area contributed by atoms with E-state index < -0.39 is 0 Å². The SMILES string of the molecule is CCOC(=O)CCc1cccc(NC(=O)c2ccccc2NC(=O)c2ccc(-n3ccnn3)cc2)c1. The molecule has 0 aliphatic carbocycles. The third kappa shape index (κ3) is 6.20. The van der Waals surface area contributed by atoms with Gasteiger partial charge in [0, 0.05) is 17.7 Å². The zero-order valence-electron chi connectivity index (χ0n) is 19.7. The number of aromatic nitrogens is 3. The Morgan fingerprint density at radius 3 is 2.47 bits per heavy atom. The Bertz CT molecular complexity index is 1350. The summed E-state index contributed by atoms with van der Waals surface area (Å²) < 4.78 is 6.56. The summed E-state index contributed by atoms with van der Waals surface area (Å²) >= 11 is 0. The van der Waals surface area contributed by atoms with Gasteiger partial charge in [-0.1, -0.05) is 29.5 Å². The summed E-state index contributed by atoms with van der Waals surface area (Å²) in [5.74, 6) is -0.971. The molecule has 0 atom stereocenters. The molecule has 0 fully saturated rings. The van der Waals surface area contributed by atoms with Gasteiger partial charge >= 0.3 is 5.97 Å². The molecular weight excluding hydrogens is 458 g/mol. The van der Waals surface area contributed by atoms with Gasteiger partial charge in [-0.15, -0.1) is 5.10 Å². The van der Waals surface area contributed by atoms with Crippen molar-refractivity contribution in [2.24, 2.45) is 0 Å². The van der Waals surface area contributed by atoms with E-state index >= 15 is 0 Å². The van der Waals surface area contributed by atoms with Crippen molar-refractivity contribution in [2.45, 2.75) is 19.8 Å². The van der Waals surface area contributed by atoms with Gasteiger partial charge < -0.3 is 15.4 Å². The van der Waals surface area contributed by atoms with E-state index in [2.05, 4.69) is 20.9 Å². The molecule has 0 aliphatic rings. The second-order valence-electron chi connectivity index (χ2n) is 7.85. The van der Waals surface area contributed by atoms with Gasteiger partial charge in [-0.2, -0.15) is 0 Å². The quantitative estimate of drug-likeness (QED) is 0.344. The van der Waals surface area contributed by atoms with Crippen molar-refractivity contribution in [1.82, 2.24) is 15.0 Å². The number of carbonyl (C=O) groups is 3. The van der Waals surface area contributed by atoms with Gasteiger partial charge in [0.15, 0.2) is 0 Å². The maximum absolute atomic E-state index is 13.0. The van der Waals surface area contributed by atoms with Crippen molar-refractivity contribution in [3.63, 3.8) is 0 Å². The van der Waals surface area contributed by atoms with Crippen LogP contribution in [0.1, 0.15) is 39.6 Å². The first-order chi connectivity index (χ1) is 17.5. The molecule has 0 saturated heterocycles. The summed E-state index contributed by atoms with van der Waals surface area (Å²) in [6.45, 7) is 2.11. The molecule has 9 heteroatoms. The summed E-state index contributed by atoms with van der Waals surface area (Å²) in [6, 6.07) is 20.9. The van der Waals surface area contributed by atoms with Crippen LogP contribution >= 0.6 is 0 Å². The highest BCUT2D eigenvalue weighted by Gasteiger charge is 2.15. The van der Waals surface area contributed by atoms with E-state index in [-0.39, 0.29) is 24.2 Å². The molecule has 0 unspecified atom stereocenters. The normalized spacial score (nSPS) is 10.5. The lowest BCUT2D eigenvalue weighted by Crippen LogP contribution is -2.18. The average molecular weight is 484 g/mol. The van der Waals surface area contributed by atoms with Crippen LogP contribution in [0.4, 0.5) is 11.4 Å². The monoisotopic (exact) mass is 483 g/mol. The smallest absolute Gasteiger partial charge is 0.306 e. The number of carbonyl (C=O) groups excluding carboxylic acids is 3. The summed E-state index contributed by atoms with van der Waals surface area (Å²) in [5, 5.41) is 13.4. The first-order valence-corrected chi connectivity index (χ1v) is 11.5. The van der Waals surface area contributed by atoms with Crippen LogP contribution in [-0.4, -0.2) is 39.4 Å². The fraction of sp³-hybridized carbons (Fsp3) is 0.148. The zero-order chi connectivity index (χ0) is 25.3. The molecule has 4 aromatic rings. The molecule has 1 heterocycles. The van der Waals surface area contributed by atoms with E-state index in [4.69, 9.17) is 4.74 Å². The molecule has 0 saturated carbocycles. The second-order valence-corrected chi connectivity index (χ2v) is 7.85. The number of nitrogens with one attached hydrogen (secondary N) is 2.